The summed E-state index contributed by atoms with van der Waals surface area (Å²) in [5.41, 5.74) is -0.395. The molecule has 244 valence electrons. The van der Waals surface area contributed by atoms with E-state index in [2.05, 4.69) is 15.0 Å². The number of aromatic nitrogens is 4. The molecule has 1 N–H and O–H groups in total. The van der Waals surface area contributed by atoms with Gasteiger partial charge < -0.3 is 24.2 Å². The van der Waals surface area contributed by atoms with Crippen LogP contribution in [0.3, 0.4) is 0 Å². The number of carbonyl (C=O) groups is 3. The fourth-order valence-electron chi connectivity index (χ4n) is 5.17. The number of aliphatic hydroxyl groups is 1. The Kier molecular flexibility index (Phi) is 9.18. The van der Waals surface area contributed by atoms with Gasteiger partial charge in [-0.2, -0.15) is 4.98 Å². The second kappa shape index (κ2) is 13.8. The Labute approximate surface area is 273 Å². The largest absolute Gasteiger partial charge is 0.452 e. The summed E-state index contributed by atoms with van der Waals surface area (Å²) in [4.78, 5) is 68.6. The number of benzene rings is 3. The van der Waals surface area contributed by atoms with Crippen LogP contribution in [0.2, 0.25) is 0 Å². The predicted molar refractivity (Wildman–Crippen MR) is 172 cm³/mol. The highest BCUT2D eigenvalue weighted by Crippen LogP contribution is 2.36. The van der Waals surface area contributed by atoms with Gasteiger partial charge in [0.25, 0.3) is 11.5 Å². The maximum absolute atomic E-state index is 13.9. The van der Waals surface area contributed by atoms with Crippen LogP contribution in [0.25, 0.3) is 11.2 Å². The number of aliphatic hydroxyl groups excluding tert-OH is 1. The Balaban J connectivity index is 1.46. The van der Waals surface area contributed by atoms with Crippen molar-refractivity contribution in [2.45, 2.75) is 24.5 Å². The minimum atomic E-state index is -1.34. The lowest BCUT2D eigenvalue weighted by Gasteiger charge is -2.24. The summed E-state index contributed by atoms with van der Waals surface area (Å²) in [7, 11) is 3.41. The van der Waals surface area contributed by atoms with Crippen molar-refractivity contribution < 1.29 is 33.7 Å². The van der Waals surface area contributed by atoms with E-state index in [1.165, 1.54) is 17.2 Å². The lowest BCUT2D eigenvalue weighted by atomic mass is 10.1. The SMILES string of the molecule is CN(C)/C=N/c1nc2c(ncn2[C@@H]2O[C@H](CO)[C@@H](OC(=O)c3ccccc3)[C@H]2OC(=O)c2ccccc2)c(=O)n1C(=O)c1ccccc1. The van der Waals surface area contributed by atoms with Crippen LogP contribution in [0.4, 0.5) is 5.95 Å². The molecule has 0 saturated carbocycles. The molecule has 0 aliphatic carbocycles. The van der Waals surface area contributed by atoms with Crippen molar-refractivity contribution >= 4 is 41.3 Å². The number of carbonyl (C=O) groups excluding carboxylic acids is 3. The molecule has 6 rings (SSSR count). The summed E-state index contributed by atoms with van der Waals surface area (Å²) >= 11 is 0. The predicted octanol–water partition coefficient (Wildman–Crippen LogP) is 2.84. The molecule has 48 heavy (non-hydrogen) atoms. The molecule has 0 spiro atoms. The second-order valence-electron chi connectivity index (χ2n) is 11.0. The van der Waals surface area contributed by atoms with E-state index >= 15 is 0 Å². The van der Waals surface area contributed by atoms with Crippen molar-refractivity contribution in [3.05, 3.63) is 124 Å². The van der Waals surface area contributed by atoms with Crippen LogP contribution in [-0.2, 0) is 14.2 Å². The lowest BCUT2D eigenvalue weighted by molar-refractivity contribution is -0.0566. The lowest BCUT2D eigenvalue weighted by Crippen LogP contribution is -2.40. The van der Waals surface area contributed by atoms with E-state index in [1.807, 2.05) is 0 Å². The quantitative estimate of drug-likeness (QED) is 0.142. The third-order valence-corrected chi connectivity index (χ3v) is 7.45. The topological polar surface area (TPSA) is 167 Å². The van der Waals surface area contributed by atoms with Gasteiger partial charge in [-0.15, -0.1) is 0 Å². The molecule has 0 unspecified atom stereocenters. The molecule has 5 aromatic rings. The molecule has 3 aromatic carbocycles. The molecule has 1 aliphatic rings. The van der Waals surface area contributed by atoms with Gasteiger partial charge in [0.2, 0.25) is 5.95 Å². The van der Waals surface area contributed by atoms with Gasteiger partial charge in [0.05, 0.1) is 30.4 Å². The van der Waals surface area contributed by atoms with Gasteiger partial charge in [0, 0.05) is 19.7 Å². The average Bonchev–Trinajstić information content (AvgIpc) is 3.69. The van der Waals surface area contributed by atoms with E-state index in [1.54, 1.807) is 110 Å². The molecular weight excluding hydrogens is 620 g/mol. The van der Waals surface area contributed by atoms with E-state index in [4.69, 9.17) is 14.2 Å². The van der Waals surface area contributed by atoms with Crippen LogP contribution in [0.15, 0.2) is 107 Å². The zero-order chi connectivity index (χ0) is 33.8. The van der Waals surface area contributed by atoms with Crippen LogP contribution in [0.1, 0.15) is 37.3 Å². The number of nitrogens with zero attached hydrogens (tertiary/aromatic N) is 6. The number of hydrogen-bond acceptors (Lipinski definition) is 11. The maximum Gasteiger partial charge on any atom is 0.338 e. The smallest absolute Gasteiger partial charge is 0.338 e. The first-order valence-corrected chi connectivity index (χ1v) is 14.8. The highest BCUT2D eigenvalue weighted by atomic mass is 16.6. The first-order valence-electron chi connectivity index (χ1n) is 14.8. The first kappa shape index (κ1) is 32.0. The number of fused-ring (bicyclic) bond motifs is 1. The number of imidazole rings is 1. The van der Waals surface area contributed by atoms with Crippen LogP contribution in [0, 0.1) is 0 Å². The van der Waals surface area contributed by atoms with E-state index in [0.717, 1.165) is 4.57 Å². The number of ether oxygens (including phenoxy) is 3. The third-order valence-electron chi connectivity index (χ3n) is 7.45. The van der Waals surface area contributed by atoms with Crippen LogP contribution >= 0.6 is 0 Å². The van der Waals surface area contributed by atoms with Crippen molar-refractivity contribution in [1.82, 2.24) is 24.0 Å². The highest BCUT2D eigenvalue weighted by molar-refractivity contribution is 5.98. The van der Waals surface area contributed by atoms with E-state index < -0.39 is 54.6 Å². The van der Waals surface area contributed by atoms with Gasteiger partial charge in [0.15, 0.2) is 29.6 Å². The average molecular weight is 651 g/mol. The number of hydrogen-bond donors (Lipinski definition) is 1. The van der Waals surface area contributed by atoms with Crippen molar-refractivity contribution in [3.63, 3.8) is 0 Å². The molecule has 0 amide bonds. The van der Waals surface area contributed by atoms with Crippen LogP contribution in [0.5, 0.6) is 0 Å². The van der Waals surface area contributed by atoms with Crippen LogP contribution in [-0.4, -0.2) is 92.3 Å². The highest BCUT2D eigenvalue weighted by Gasteiger charge is 2.51. The summed E-state index contributed by atoms with van der Waals surface area (Å²) < 4.78 is 20.0. The van der Waals surface area contributed by atoms with Gasteiger partial charge >= 0.3 is 11.9 Å². The van der Waals surface area contributed by atoms with Crippen molar-refractivity contribution in [2.24, 2.45) is 4.99 Å². The Morgan fingerprint density at radius 3 is 1.96 bits per heavy atom. The Bertz CT molecular complexity index is 2030. The first-order chi connectivity index (χ1) is 23.3. The molecule has 1 fully saturated rings. The van der Waals surface area contributed by atoms with Crippen LogP contribution < -0.4 is 5.56 Å². The fourth-order valence-corrected chi connectivity index (χ4v) is 5.17. The minimum absolute atomic E-state index is 0.0551. The molecule has 2 aromatic heterocycles. The Morgan fingerprint density at radius 1 is 0.875 bits per heavy atom. The third kappa shape index (κ3) is 6.34. The minimum Gasteiger partial charge on any atom is -0.452 e. The Morgan fingerprint density at radius 2 is 1.42 bits per heavy atom. The summed E-state index contributed by atoms with van der Waals surface area (Å²) in [6.07, 6.45) is -2.46. The van der Waals surface area contributed by atoms with Gasteiger partial charge in [-0.05, 0) is 36.4 Å². The second-order valence-corrected chi connectivity index (χ2v) is 11.0. The molecule has 0 bridgehead atoms. The molecule has 4 atom stereocenters. The van der Waals surface area contributed by atoms with E-state index in [-0.39, 0.29) is 33.8 Å². The number of rotatable bonds is 9. The van der Waals surface area contributed by atoms with Crippen molar-refractivity contribution in [1.29, 1.82) is 0 Å². The summed E-state index contributed by atoms with van der Waals surface area (Å²) in [5, 5.41) is 10.3. The molecule has 14 nitrogen and oxygen atoms in total. The van der Waals surface area contributed by atoms with Gasteiger partial charge in [-0.1, -0.05) is 54.6 Å². The molecule has 1 saturated heterocycles. The Hall–Kier alpha value is -5.99. The normalized spacial score (nSPS) is 19.0. The number of aliphatic imine (C=N–C) groups is 1. The molecular formula is C34H30N6O8. The standard InChI is InChI=1S/C34H30N6O8/c1-38(2)19-36-34-37-28-25(30(43)40(34)29(42)21-12-6-3-7-13-21)35-20-39(28)31-27(48-33(45)23-16-10-5-11-17-23)26(24(18-41)46-31)47-32(44)22-14-8-4-9-15-22/h3-17,19-20,24,26-27,31,41H,18H2,1-2H3/b36-19+/t24-,26-,27-,31-/m1/s1. The molecule has 3 heterocycles. The van der Waals surface area contributed by atoms with Crippen molar-refractivity contribution in [2.75, 3.05) is 20.7 Å². The zero-order valence-corrected chi connectivity index (χ0v) is 25.8. The van der Waals surface area contributed by atoms with E-state index in [9.17, 15) is 24.3 Å². The van der Waals surface area contributed by atoms with Gasteiger partial charge in [-0.25, -0.2) is 24.1 Å². The zero-order valence-electron chi connectivity index (χ0n) is 25.8. The fraction of sp³-hybridized carbons (Fsp3) is 0.206. The van der Waals surface area contributed by atoms with Gasteiger partial charge in [-0.3, -0.25) is 14.2 Å². The summed E-state index contributed by atoms with van der Waals surface area (Å²) in [6, 6.07) is 24.5. The summed E-state index contributed by atoms with van der Waals surface area (Å²) in [6.45, 7) is -0.612. The van der Waals surface area contributed by atoms with Crippen molar-refractivity contribution in [3.8, 4) is 0 Å². The maximum atomic E-state index is 13.9. The monoisotopic (exact) mass is 650 g/mol. The molecule has 0 radical (unpaired) electrons. The number of esters is 2. The molecule has 1 aliphatic heterocycles. The van der Waals surface area contributed by atoms with E-state index in [0.29, 0.717) is 0 Å². The van der Waals surface area contributed by atoms with Gasteiger partial charge in [0.1, 0.15) is 6.10 Å². The molecule has 14 heteroatoms. The summed E-state index contributed by atoms with van der Waals surface area (Å²) in [5.74, 6) is -2.41.